The van der Waals surface area contributed by atoms with Crippen molar-refractivity contribution in [3.05, 3.63) is 53.6 Å². The van der Waals surface area contributed by atoms with Crippen LogP contribution in [0.2, 0.25) is 0 Å². The Morgan fingerprint density at radius 3 is 1.88 bits per heavy atom. The summed E-state index contributed by atoms with van der Waals surface area (Å²) in [5, 5.41) is 0.876. The topological polar surface area (TPSA) is 18.5 Å². The fourth-order valence-corrected chi connectivity index (χ4v) is 3.01. The number of ether oxygens (including phenoxy) is 2. The van der Waals surface area contributed by atoms with E-state index in [9.17, 15) is 0 Å². The third-order valence-corrected chi connectivity index (χ3v) is 4.57. The Balaban J connectivity index is 0.000000390. The minimum absolute atomic E-state index is 0.770. The number of hydrogen-bond acceptors (Lipinski definition) is 2. The van der Waals surface area contributed by atoms with Crippen LogP contribution in [0.4, 0.5) is 0 Å². The van der Waals surface area contributed by atoms with E-state index in [4.69, 9.17) is 51.3 Å². The van der Waals surface area contributed by atoms with Gasteiger partial charge in [-0.15, -0.1) is 0 Å². The number of aryl methyl sites for hydroxylation is 2. The fourth-order valence-electron chi connectivity index (χ4n) is 1.67. The SMILES string of the molecule is COc1cc(C)ccc1P(Cl)Cl.COc1cccc(C)c1.[Cl][Zn][Cl]. The summed E-state index contributed by atoms with van der Waals surface area (Å²) in [7, 11) is 13.2. The second-order valence-corrected chi connectivity index (χ2v) is 12.6. The predicted octanol–water partition coefficient (Wildman–Crippen LogP) is 6.80. The molecule has 0 N–H and O–H groups in total. The normalized spacial score (nSPS) is 9.04. The standard InChI is InChI=1S/C8H9Cl2OP.C8H10O.2ClH.Zn/c1-6-3-4-8(12(9)10)7(5-6)11-2;1-7-4-3-5-8(6-7)9-2;;;/h3-5H,1-2H3;3-6H,1-2H3;2*1H;/q;;;;+2/p-2. The molecule has 0 saturated carbocycles. The van der Waals surface area contributed by atoms with Crippen molar-refractivity contribution < 1.29 is 24.6 Å². The first-order valence-electron chi connectivity index (χ1n) is 6.88. The Hall–Kier alpha value is 0.253. The number of rotatable bonds is 3. The van der Waals surface area contributed by atoms with Crippen molar-refractivity contribution in [2.45, 2.75) is 13.8 Å². The average molecular weight is 482 g/mol. The summed E-state index contributed by atoms with van der Waals surface area (Å²) >= 11 is 10.6. The summed E-state index contributed by atoms with van der Waals surface area (Å²) in [5.41, 5.74) is 2.37. The molecule has 0 aromatic heterocycles. The van der Waals surface area contributed by atoms with E-state index in [1.807, 2.05) is 56.3 Å². The molecule has 2 rings (SSSR count). The van der Waals surface area contributed by atoms with Gasteiger partial charge in [-0.05, 0) is 49.2 Å². The van der Waals surface area contributed by atoms with Crippen LogP contribution in [-0.4, -0.2) is 14.2 Å². The van der Waals surface area contributed by atoms with Crippen LogP contribution in [0.5, 0.6) is 11.5 Å². The Morgan fingerprint density at radius 2 is 1.46 bits per heavy atom. The van der Waals surface area contributed by atoms with E-state index in [0.717, 1.165) is 22.4 Å². The van der Waals surface area contributed by atoms with Crippen molar-refractivity contribution in [3.63, 3.8) is 0 Å². The minimum atomic E-state index is -1.12. The molecule has 2 aromatic rings. The van der Waals surface area contributed by atoms with Gasteiger partial charge in [0.2, 0.25) is 0 Å². The molecular formula is C16H19Cl4O2PZn. The van der Waals surface area contributed by atoms with Gasteiger partial charge in [-0.3, -0.25) is 0 Å². The Labute approximate surface area is 170 Å². The van der Waals surface area contributed by atoms with Gasteiger partial charge in [0.05, 0.1) is 14.2 Å². The maximum absolute atomic E-state index is 5.79. The van der Waals surface area contributed by atoms with Crippen LogP contribution >= 0.6 is 48.5 Å². The number of halogens is 4. The van der Waals surface area contributed by atoms with Gasteiger partial charge in [-0.1, -0.05) is 40.7 Å². The molecule has 2 aromatic carbocycles. The molecule has 0 saturated heterocycles. The van der Waals surface area contributed by atoms with Gasteiger partial charge in [-0.25, -0.2) is 0 Å². The zero-order valence-electron chi connectivity index (χ0n) is 14.0. The summed E-state index contributed by atoms with van der Waals surface area (Å²) in [6.07, 6.45) is 0. The van der Waals surface area contributed by atoms with Crippen LogP contribution in [0.1, 0.15) is 11.1 Å². The predicted molar refractivity (Wildman–Crippen MR) is 105 cm³/mol. The Morgan fingerprint density at radius 1 is 0.875 bits per heavy atom. The van der Waals surface area contributed by atoms with Crippen LogP contribution in [0.15, 0.2) is 42.5 Å². The zero-order valence-corrected chi connectivity index (χ0v) is 20.9. The molecule has 130 valence electrons. The second-order valence-electron chi connectivity index (χ2n) is 4.53. The quantitative estimate of drug-likeness (QED) is 0.355. The van der Waals surface area contributed by atoms with E-state index in [2.05, 4.69) is 0 Å². The van der Waals surface area contributed by atoms with Crippen molar-refractivity contribution in [3.8, 4) is 11.5 Å². The zero-order chi connectivity index (χ0) is 18.5. The van der Waals surface area contributed by atoms with Gasteiger partial charge in [0.25, 0.3) is 0 Å². The van der Waals surface area contributed by atoms with Crippen LogP contribution < -0.4 is 14.8 Å². The van der Waals surface area contributed by atoms with E-state index in [0.29, 0.717) is 0 Å². The van der Waals surface area contributed by atoms with Gasteiger partial charge in [-0.2, -0.15) is 0 Å². The van der Waals surface area contributed by atoms with E-state index in [1.165, 1.54) is 5.56 Å². The number of benzene rings is 2. The van der Waals surface area contributed by atoms with E-state index >= 15 is 0 Å². The Bertz CT molecular complexity index is 600. The number of methoxy groups -OCH3 is 2. The van der Waals surface area contributed by atoms with Crippen molar-refractivity contribution in [1.82, 2.24) is 0 Å². The maximum atomic E-state index is 5.79. The fraction of sp³-hybridized carbons (Fsp3) is 0.250. The molecule has 0 aliphatic carbocycles. The van der Waals surface area contributed by atoms with E-state index < -0.39 is 21.8 Å². The third-order valence-electron chi connectivity index (χ3n) is 2.74. The molecule has 2 nitrogen and oxygen atoms in total. The molecule has 24 heavy (non-hydrogen) atoms. The van der Waals surface area contributed by atoms with Crippen molar-refractivity contribution in [2.24, 2.45) is 0 Å². The first-order valence-corrected chi connectivity index (χ1v) is 17.8. The number of hydrogen-bond donors (Lipinski definition) is 0. The summed E-state index contributed by atoms with van der Waals surface area (Å²) in [6.45, 7) is 2.93. The van der Waals surface area contributed by atoms with E-state index in [1.54, 1.807) is 14.2 Å². The van der Waals surface area contributed by atoms with E-state index in [-0.39, 0.29) is 0 Å². The molecule has 0 radical (unpaired) electrons. The molecule has 0 amide bonds. The molecular weight excluding hydrogens is 462 g/mol. The molecule has 0 fully saturated rings. The molecule has 0 bridgehead atoms. The molecule has 0 aliphatic rings. The summed E-state index contributed by atoms with van der Waals surface area (Å²) in [4.78, 5) is 0. The van der Waals surface area contributed by atoms with Gasteiger partial charge >= 0.3 is 34.5 Å². The van der Waals surface area contributed by atoms with Crippen LogP contribution in [0.3, 0.4) is 0 Å². The summed E-state index contributed by atoms with van der Waals surface area (Å²) in [5.74, 6) is 1.70. The molecule has 0 unspecified atom stereocenters. The van der Waals surface area contributed by atoms with Crippen LogP contribution in [-0.2, 0) is 15.1 Å². The van der Waals surface area contributed by atoms with Gasteiger partial charge in [0.15, 0.2) is 0 Å². The van der Waals surface area contributed by atoms with Crippen LogP contribution in [0.25, 0.3) is 0 Å². The third kappa shape index (κ3) is 10.3. The van der Waals surface area contributed by atoms with Crippen molar-refractivity contribution in [1.29, 1.82) is 0 Å². The summed E-state index contributed by atoms with van der Waals surface area (Å²) in [6, 6.07) is 13.8. The van der Waals surface area contributed by atoms with Crippen LogP contribution in [0, 0.1) is 13.8 Å². The first-order chi connectivity index (χ1) is 11.4. The monoisotopic (exact) mass is 478 g/mol. The molecule has 0 atom stereocenters. The summed E-state index contributed by atoms with van der Waals surface area (Å²) < 4.78 is 10.1. The molecule has 8 heteroatoms. The Kier molecular flexibility index (Phi) is 14.6. The first kappa shape index (κ1) is 24.3. The van der Waals surface area contributed by atoms with Gasteiger partial charge < -0.3 is 9.47 Å². The van der Waals surface area contributed by atoms with Gasteiger partial charge in [0.1, 0.15) is 18.1 Å². The van der Waals surface area contributed by atoms with Crippen molar-refractivity contribution in [2.75, 3.05) is 14.2 Å². The molecule has 0 spiro atoms. The second kappa shape index (κ2) is 14.4. The molecule has 0 aliphatic heterocycles. The molecule has 0 heterocycles. The van der Waals surface area contributed by atoms with Gasteiger partial charge in [0, 0.05) is 5.30 Å². The van der Waals surface area contributed by atoms with Crippen molar-refractivity contribution >= 4 is 53.8 Å². The average Bonchev–Trinajstić information content (AvgIpc) is 2.55.